The highest BCUT2D eigenvalue weighted by atomic mass is 32.1. The normalized spacial score (nSPS) is 16.2. The van der Waals surface area contributed by atoms with E-state index >= 15 is 0 Å². The lowest BCUT2D eigenvalue weighted by Gasteiger charge is -2.33. The van der Waals surface area contributed by atoms with Gasteiger partial charge in [-0.1, -0.05) is 6.07 Å². The van der Waals surface area contributed by atoms with E-state index in [1.54, 1.807) is 29.8 Å². The Morgan fingerprint density at radius 2 is 2.03 bits per heavy atom. The van der Waals surface area contributed by atoms with Gasteiger partial charge in [-0.2, -0.15) is 0 Å². The first kappa shape index (κ1) is 21.2. The smallest absolute Gasteiger partial charge is 0.313 e. The minimum Gasteiger partial charge on any atom is -0.487 e. The highest BCUT2D eigenvalue weighted by molar-refractivity contribution is 7.07. The highest BCUT2D eigenvalue weighted by Crippen LogP contribution is 2.18. The fourth-order valence-corrected chi connectivity index (χ4v) is 3.61. The van der Waals surface area contributed by atoms with Gasteiger partial charge in [-0.15, -0.1) is 11.3 Å². The van der Waals surface area contributed by atoms with E-state index in [0.717, 1.165) is 38.4 Å². The van der Waals surface area contributed by atoms with Crippen LogP contribution < -0.4 is 15.4 Å². The standard InChI is InChI=1S/C20H27N5O3S/c1-15(11-25-8-6-24(2)7-9-25)22-19(26)20(27)23-16-4-3-5-18(10-16)28-12-17-13-29-14-21-17/h3-5,10,13-15H,6-9,11-12H2,1-2H3,(H,22,26)(H,23,27)/t15-/m0/s1. The van der Waals surface area contributed by atoms with Crippen molar-refractivity contribution in [3.63, 3.8) is 0 Å². The molecule has 0 radical (unpaired) electrons. The van der Waals surface area contributed by atoms with Crippen LogP contribution in [0.1, 0.15) is 12.6 Å². The van der Waals surface area contributed by atoms with E-state index in [0.29, 0.717) is 18.0 Å². The van der Waals surface area contributed by atoms with Gasteiger partial charge in [0, 0.05) is 55.9 Å². The zero-order valence-electron chi connectivity index (χ0n) is 16.8. The third kappa shape index (κ3) is 6.81. The van der Waals surface area contributed by atoms with Crippen molar-refractivity contribution in [2.45, 2.75) is 19.6 Å². The van der Waals surface area contributed by atoms with Crippen molar-refractivity contribution >= 4 is 28.8 Å². The molecule has 1 atom stereocenters. The molecule has 8 nitrogen and oxygen atoms in total. The molecule has 2 amide bonds. The average molecular weight is 418 g/mol. The van der Waals surface area contributed by atoms with E-state index in [2.05, 4.69) is 32.5 Å². The monoisotopic (exact) mass is 417 g/mol. The molecule has 3 rings (SSSR count). The summed E-state index contributed by atoms with van der Waals surface area (Å²) in [6.45, 7) is 6.96. The third-order valence-corrected chi connectivity index (χ3v) is 5.31. The van der Waals surface area contributed by atoms with Gasteiger partial charge in [-0.25, -0.2) is 4.98 Å². The highest BCUT2D eigenvalue weighted by Gasteiger charge is 2.20. The SMILES string of the molecule is C[C@@H](CN1CCN(C)CC1)NC(=O)C(=O)Nc1cccc(OCc2cscn2)c1. The molecule has 0 bridgehead atoms. The number of benzene rings is 1. The number of nitrogens with zero attached hydrogens (tertiary/aromatic N) is 3. The Hall–Kier alpha value is -2.49. The molecule has 0 unspecified atom stereocenters. The van der Waals surface area contributed by atoms with Crippen LogP contribution in [0.2, 0.25) is 0 Å². The van der Waals surface area contributed by atoms with Crippen LogP contribution in [0.3, 0.4) is 0 Å². The second-order valence-electron chi connectivity index (χ2n) is 7.23. The molecule has 0 saturated carbocycles. The molecule has 1 aromatic heterocycles. The number of anilines is 1. The van der Waals surface area contributed by atoms with Gasteiger partial charge in [0.05, 0.1) is 11.2 Å². The predicted molar refractivity (Wildman–Crippen MR) is 113 cm³/mol. The van der Waals surface area contributed by atoms with Crippen molar-refractivity contribution in [2.24, 2.45) is 0 Å². The second-order valence-corrected chi connectivity index (χ2v) is 7.95. The fraction of sp³-hybridized carbons (Fsp3) is 0.450. The summed E-state index contributed by atoms with van der Waals surface area (Å²) in [5, 5.41) is 7.31. The molecule has 1 aromatic carbocycles. The quantitative estimate of drug-likeness (QED) is 0.663. The summed E-state index contributed by atoms with van der Waals surface area (Å²) in [4.78, 5) is 33.2. The molecule has 9 heteroatoms. The molecule has 0 spiro atoms. The van der Waals surface area contributed by atoms with Crippen LogP contribution in [0.25, 0.3) is 0 Å². The lowest BCUT2D eigenvalue weighted by Crippen LogP contribution is -2.51. The minimum absolute atomic E-state index is 0.107. The topological polar surface area (TPSA) is 86.8 Å². The number of likely N-dealkylation sites (N-methyl/N-ethyl adjacent to an activating group) is 1. The number of hydrogen-bond acceptors (Lipinski definition) is 7. The zero-order valence-corrected chi connectivity index (χ0v) is 17.6. The van der Waals surface area contributed by atoms with Crippen molar-refractivity contribution in [3.05, 3.63) is 40.8 Å². The van der Waals surface area contributed by atoms with Crippen LogP contribution >= 0.6 is 11.3 Å². The van der Waals surface area contributed by atoms with Gasteiger partial charge in [0.2, 0.25) is 0 Å². The molecule has 29 heavy (non-hydrogen) atoms. The Morgan fingerprint density at radius 1 is 1.24 bits per heavy atom. The van der Waals surface area contributed by atoms with E-state index < -0.39 is 11.8 Å². The number of carbonyl (C=O) groups is 2. The van der Waals surface area contributed by atoms with Gasteiger partial charge in [-0.3, -0.25) is 14.5 Å². The number of carbonyl (C=O) groups excluding carboxylic acids is 2. The molecule has 1 saturated heterocycles. The molecular formula is C20H27N5O3S. The van der Waals surface area contributed by atoms with Gasteiger partial charge in [-0.05, 0) is 26.1 Å². The van der Waals surface area contributed by atoms with Gasteiger partial charge in [0.1, 0.15) is 12.4 Å². The van der Waals surface area contributed by atoms with Crippen molar-refractivity contribution in [2.75, 3.05) is 45.1 Å². The molecule has 2 heterocycles. The first-order valence-corrected chi connectivity index (χ1v) is 10.6. The van der Waals surface area contributed by atoms with Gasteiger partial charge in [0.25, 0.3) is 0 Å². The Labute approximate surface area is 174 Å². The molecule has 156 valence electrons. The number of ether oxygens (including phenoxy) is 1. The fourth-order valence-electron chi connectivity index (χ4n) is 3.07. The molecule has 2 aromatic rings. The first-order valence-electron chi connectivity index (χ1n) is 9.62. The number of piperazine rings is 1. The second kappa shape index (κ2) is 10.3. The van der Waals surface area contributed by atoms with Crippen LogP contribution in [0.15, 0.2) is 35.2 Å². The summed E-state index contributed by atoms with van der Waals surface area (Å²) in [5.74, 6) is -0.730. The summed E-state index contributed by atoms with van der Waals surface area (Å²) in [5.41, 5.74) is 3.10. The lowest BCUT2D eigenvalue weighted by atomic mass is 10.2. The Balaban J connectivity index is 1.45. The Morgan fingerprint density at radius 3 is 2.76 bits per heavy atom. The maximum absolute atomic E-state index is 12.2. The van der Waals surface area contributed by atoms with E-state index in [1.165, 1.54) is 11.3 Å². The van der Waals surface area contributed by atoms with Gasteiger partial charge in [0.15, 0.2) is 0 Å². The Bertz CT molecular complexity index is 806. The summed E-state index contributed by atoms with van der Waals surface area (Å²) < 4.78 is 5.67. The number of thiazole rings is 1. The summed E-state index contributed by atoms with van der Waals surface area (Å²) in [7, 11) is 2.10. The number of aromatic nitrogens is 1. The maximum atomic E-state index is 12.2. The van der Waals surface area contributed by atoms with E-state index in [-0.39, 0.29) is 6.04 Å². The predicted octanol–water partition coefficient (Wildman–Crippen LogP) is 1.41. The lowest BCUT2D eigenvalue weighted by molar-refractivity contribution is -0.136. The molecule has 1 aliphatic heterocycles. The van der Waals surface area contributed by atoms with Crippen molar-refractivity contribution in [1.82, 2.24) is 20.1 Å². The largest absolute Gasteiger partial charge is 0.487 e. The van der Waals surface area contributed by atoms with Crippen LogP contribution in [0.5, 0.6) is 5.75 Å². The summed E-state index contributed by atoms with van der Waals surface area (Å²) >= 11 is 1.51. The first-order chi connectivity index (χ1) is 14.0. The van der Waals surface area contributed by atoms with Crippen molar-refractivity contribution in [1.29, 1.82) is 0 Å². The minimum atomic E-state index is -0.688. The summed E-state index contributed by atoms with van der Waals surface area (Å²) in [6, 6.07) is 6.85. The van der Waals surface area contributed by atoms with Crippen LogP contribution in [-0.2, 0) is 16.2 Å². The molecule has 1 fully saturated rings. The average Bonchev–Trinajstić information content (AvgIpc) is 3.22. The number of nitrogens with one attached hydrogen (secondary N) is 2. The van der Waals surface area contributed by atoms with Crippen molar-refractivity contribution in [3.8, 4) is 5.75 Å². The zero-order chi connectivity index (χ0) is 20.6. The van der Waals surface area contributed by atoms with Crippen LogP contribution in [-0.4, -0.2) is 72.4 Å². The Kier molecular flexibility index (Phi) is 7.56. The molecule has 1 aliphatic rings. The van der Waals surface area contributed by atoms with E-state index in [9.17, 15) is 9.59 Å². The van der Waals surface area contributed by atoms with E-state index in [1.807, 2.05) is 12.3 Å². The van der Waals surface area contributed by atoms with E-state index in [4.69, 9.17) is 4.74 Å². The van der Waals surface area contributed by atoms with Crippen LogP contribution in [0, 0.1) is 0 Å². The molecular weight excluding hydrogens is 390 g/mol. The van der Waals surface area contributed by atoms with Crippen LogP contribution in [0.4, 0.5) is 5.69 Å². The number of amides is 2. The van der Waals surface area contributed by atoms with Gasteiger partial charge >= 0.3 is 11.8 Å². The molecule has 2 N–H and O–H groups in total. The van der Waals surface area contributed by atoms with Crippen molar-refractivity contribution < 1.29 is 14.3 Å². The third-order valence-electron chi connectivity index (χ3n) is 4.67. The summed E-state index contributed by atoms with van der Waals surface area (Å²) in [6.07, 6.45) is 0. The molecule has 0 aliphatic carbocycles. The maximum Gasteiger partial charge on any atom is 0.313 e. The number of hydrogen-bond donors (Lipinski definition) is 2. The van der Waals surface area contributed by atoms with Gasteiger partial charge < -0.3 is 20.3 Å². The number of rotatable bonds is 7.